The molecule has 4 heteroatoms. The van der Waals surface area contributed by atoms with Gasteiger partial charge in [0.2, 0.25) is 0 Å². The standard InChI is InChI=1S/C10H10ClNOS/c1-6(2)7(5-12)10(13)8-3-4-9(11)14-8/h3-4,6-7H,1-2H3. The molecule has 0 aliphatic carbocycles. The summed E-state index contributed by atoms with van der Waals surface area (Å²) < 4.78 is 0.578. The maximum absolute atomic E-state index is 11.8. The topological polar surface area (TPSA) is 40.9 Å². The van der Waals surface area contributed by atoms with Gasteiger partial charge >= 0.3 is 0 Å². The van der Waals surface area contributed by atoms with Crippen LogP contribution in [-0.2, 0) is 0 Å². The number of carbonyl (C=O) groups is 1. The third-order valence-corrected chi connectivity index (χ3v) is 3.15. The van der Waals surface area contributed by atoms with Gasteiger partial charge in [0.05, 0.1) is 15.3 Å². The lowest BCUT2D eigenvalue weighted by Crippen LogP contribution is -2.17. The maximum Gasteiger partial charge on any atom is 0.190 e. The number of Topliss-reactive ketones (excluding diaryl/α,β-unsaturated/α-hetero) is 1. The maximum atomic E-state index is 11.8. The summed E-state index contributed by atoms with van der Waals surface area (Å²) in [5.41, 5.74) is 0. The lowest BCUT2D eigenvalue weighted by Gasteiger charge is -2.09. The molecule has 0 N–H and O–H groups in total. The van der Waals surface area contributed by atoms with E-state index in [-0.39, 0.29) is 11.7 Å². The Balaban J connectivity index is 2.90. The van der Waals surface area contributed by atoms with Crippen LogP contribution in [0.2, 0.25) is 4.34 Å². The smallest absolute Gasteiger partial charge is 0.190 e. The van der Waals surface area contributed by atoms with Gasteiger partial charge in [-0.15, -0.1) is 11.3 Å². The Morgan fingerprint density at radius 1 is 1.57 bits per heavy atom. The molecule has 1 aromatic rings. The van der Waals surface area contributed by atoms with Crippen LogP contribution in [0.4, 0.5) is 0 Å². The van der Waals surface area contributed by atoms with Crippen LogP contribution < -0.4 is 0 Å². The molecule has 0 bridgehead atoms. The number of halogens is 1. The van der Waals surface area contributed by atoms with Crippen molar-refractivity contribution in [2.75, 3.05) is 0 Å². The van der Waals surface area contributed by atoms with E-state index in [2.05, 4.69) is 0 Å². The predicted molar refractivity (Wildman–Crippen MR) is 57.6 cm³/mol. The molecular formula is C10H10ClNOS. The quantitative estimate of drug-likeness (QED) is 0.743. The van der Waals surface area contributed by atoms with E-state index in [1.165, 1.54) is 11.3 Å². The number of hydrogen-bond donors (Lipinski definition) is 0. The molecule has 0 aliphatic heterocycles. The highest BCUT2D eigenvalue weighted by molar-refractivity contribution is 7.18. The number of nitriles is 1. The molecule has 0 spiro atoms. The van der Waals surface area contributed by atoms with Crippen molar-refractivity contribution >= 4 is 28.7 Å². The number of nitrogens with zero attached hydrogens (tertiary/aromatic N) is 1. The summed E-state index contributed by atoms with van der Waals surface area (Å²) in [6.45, 7) is 3.72. The SMILES string of the molecule is CC(C)C(C#N)C(=O)c1ccc(Cl)s1. The van der Waals surface area contributed by atoms with Crippen molar-refractivity contribution in [2.24, 2.45) is 11.8 Å². The Morgan fingerprint density at radius 3 is 2.57 bits per heavy atom. The summed E-state index contributed by atoms with van der Waals surface area (Å²) in [5, 5.41) is 8.84. The molecule has 14 heavy (non-hydrogen) atoms. The van der Waals surface area contributed by atoms with Crippen LogP contribution in [0, 0.1) is 23.2 Å². The zero-order valence-corrected chi connectivity index (χ0v) is 9.52. The average Bonchev–Trinajstić information content (AvgIpc) is 2.52. The fourth-order valence-electron chi connectivity index (χ4n) is 1.11. The van der Waals surface area contributed by atoms with Crippen LogP contribution in [0.3, 0.4) is 0 Å². The second-order valence-electron chi connectivity index (χ2n) is 3.32. The molecule has 1 aromatic heterocycles. The van der Waals surface area contributed by atoms with Gasteiger partial charge < -0.3 is 0 Å². The van der Waals surface area contributed by atoms with Crippen LogP contribution >= 0.6 is 22.9 Å². The van der Waals surface area contributed by atoms with E-state index in [9.17, 15) is 4.79 Å². The van der Waals surface area contributed by atoms with Crippen LogP contribution in [0.1, 0.15) is 23.5 Å². The van der Waals surface area contributed by atoms with Crippen molar-refractivity contribution in [3.8, 4) is 6.07 Å². The Morgan fingerprint density at radius 2 is 2.21 bits per heavy atom. The zero-order valence-electron chi connectivity index (χ0n) is 7.95. The first kappa shape index (κ1) is 11.2. The summed E-state index contributed by atoms with van der Waals surface area (Å²) in [6, 6.07) is 5.37. The third-order valence-electron chi connectivity index (χ3n) is 1.90. The van der Waals surface area contributed by atoms with E-state index in [0.717, 1.165) is 0 Å². The Labute approximate surface area is 92.1 Å². The number of ketones is 1. The van der Waals surface area contributed by atoms with E-state index in [1.807, 2.05) is 19.9 Å². The van der Waals surface area contributed by atoms with Gasteiger partial charge in [-0.1, -0.05) is 25.4 Å². The molecule has 74 valence electrons. The first-order valence-corrected chi connectivity index (χ1v) is 5.45. The Bertz CT molecular complexity index is 378. The van der Waals surface area contributed by atoms with Gasteiger partial charge in [0.25, 0.3) is 0 Å². The molecule has 0 aliphatic rings. The summed E-state index contributed by atoms with van der Waals surface area (Å²) in [7, 11) is 0. The van der Waals surface area contributed by atoms with Crippen molar-refractivity contribution < 1.29 is 4.79 Å². The largest absolute Gasteiger partial charge is 0.292 e. The van der Waals surface area contributed by atoms with E-state index in [1.54, 1.807) is 12.1 Å². The van der Waals surface area contributed by atoms with Gasteiger partial charge in [-0.25, -0.2) is 0 Å². The van der Waals surface area contributed by atoms with Crippen LogP contribution in [0.25, 0.3) is 0 Å². The minimum Gasteiger partial charge on any atom is -0.292 e. The van der Waals surface area contributed by atoms with Gasteiger partial charge in [-0.3, -0.25) is 4.79 Å². The van der Waals surface area contributed by atoms with Gasteiger partial charge in [0.1, 0.15) is 5.92 Å². The molecule has 2 nitrogen and oxygen atoms in total. The molecule has 0 saturated heterocycles. The van der Waals surface area contributed by atoms with Crippen LogP contribution in [0.15, 0.2) is 12.1 Å². The van der Waals surface area contributed by atoms with E-state index >= 15 is 0 Å². The minimum atomic E-state index is -0.565. The Kier molecular flexibility index (Phi) is 3.68. The lowest BCUT2D eigenvalue weighted by atomic mass is 9.92. The predicted octanol–water partition coefficient (Wildman–Crippen LogP) is 3.38. The van der Waals surface area contributed by atoms with Gasteiger partial charge in [-0.2, -0.15) is 5.26 Å². The second kappa shape index (κ2) is 4.59. The zero-order chi connectivity index (χ0) is 10.7. The fraction of sp³-hybridized carbons (Fsp3) is 0.400. The second-order valence-corrected chi connectivity index (χ2v) is 5.03. The van der Waals surface area contributed by atoms with Crippen molar-refractivity contribution in [2.45, 2.75) is 13.8 Å². The number of thiophene rings is 1. The van der Waals surface area contributed by atoms with Crippen LogP contribution in [0.5, 0.6) is 0 Å². The van der Waals surface area contributed by atoms with Gasteiger partial charge in [0, 0.05) is 0 Å². The summed E-state index contributed by atoms with van der Waals surface area (Å²) in [6.07, 6.45) is 0. The molecule has 0 fully saturated rings. The number of rotatable bonds is 3. The third kappa shape index (κ3) is 2.34. The van der Waals surface area contributed by atoms with Crippen molar-refractivity contribution in [1.29, 1.82) is 5.26 Å². The molecule has 1 rings (SSSR count). The number of carbonyl (C=O) groups excluding carboxylic acids is 1. The summed E-state index contributed by atoms with van der Waals surface area (Å²) >= 11 is 6.94. The van der Waals surface area contributed by atoms with Crippen LogP contribution in [-0.4, -0.2) is 5.78 Å². The Hall–Kier alpha value is -0.850. The van der Waals surface area contributed by atoms with Crippen molar-refractivity contribution in [3.05, 3.63) is 21.3 Å². The van der Waals surface area contributed by atoms with E-state index in [4.69, 9.17) is 16.9 Å². The molecule has 1 unspecified atom stereocenters. The molecule has 1 heterocycles. The monoisotopic (exact) mass is 227 g/mol. The summed E-state index contributed by atoms with van der Waals surface area (Å²) in [5.74, 6) is -0.655. The van der Waals surface area contributed by atoms with Crippen molar-refractivity contribution in [3.63, 3.8) is 0 Å². The van der Waals surface area contributed by atoms with E-state index in [0.29, 0.717) is 9.21 Å². The highest BCUT2D eigenvalue weighted by Crippen LogP contribution is 2.25. The van der Waals surface area contributed by atoms with Gasteiger partial charge in [0.15, 0.2) is 5.78 Å². The molecular weight excluding hydrogens is 218 g/mol. The highest BCUT2D eigenvalue weighted by Gasteiger charge is 2.24. The number of hydrogen-bond acceptors (Lipinski definition) is 3. The molecule has 0 saturated carbocycles. The van der Waals surface area contributed by atoms with E-state index < -0.39 is 5.92 Å². The summed E-state index contributed by atoms with van der Waals surface area (Å²) in [4.78, 5) is 12.3. The lowest BCUT2D eigenvalue weighted by molar-refractivity contribution is 0.0928. The van der Waals surface area contributed by atoms with Crippen molar-refractivity contribution in [1.82, 2.24) is 0 Å². The molecule has 0 amide bonds. The highest BCUT2D eigenvalue weighted by atomic mass is 35.5. The molecule has 1 atom stereocenters. The fourth-order valence-corrected chi connectivity index (χ4v) is 2.13. The normalized spacial score (nSPS) is 12.5. The molecule has 0 aromatic carbocycles. The first-order chi connectivity index (χ1) is 6.56. The average molecular weight is 228 g/mol. The molecule has 0 radical (unpaired) electrons. The first-order valence-electron chi connectivity index (χ1n) is 4.25. The van der Waals surface area contributed by atoms with Gasteiger partial charge in [-0.05, 0) is 18.1 Å². The minimum absolute atomic E-state index is 0.0355.